The van der Waals surface area contributed by atoms with Crippen LogP contribution in [-0.2, 0) is 4.79 Å². The zero-order valence-corrected chi connectivity index (χ0v) is 13.9. The van der Waals surface area contributed by atoms with Gasteiger partial charge in [0.15, 0.2) is 0 Å². The Bertz CT molecular complexity index is 517. The van der Waals surface area contributed by atoms with E-state index >= 15 is 0 Å². The molecule has 1 amide bonds. The Kier molecular flexibility index (Phi) is 5.26. The molecule has 2 aliphatic heterocycles. The van der Waals surface area contributed by atoms with E-state index in [0.717, 1.165) is 30.8 Å². The Morgan fingerprint density at radius 2 is 2.00 bits per heavy atom. The second-order valence-corrected chi connectivity index (χ2v) is 7.13. The standard InChI is InChI=1S/C17H24N2O2S/c1-21-16-7-3-2-6-15(16)19-10-4-5-14(17(19)20)18-13-8-11-22-12-9-13/h2-3,6-7,13-14,18H,4-5,8-12H2,1H3/t14-/m0/s1. The van der Waals surface area contributed by atoms with Gasteiger partial charge in [0.25, 0.3) is 0 Å². The fourth-order valence-electron chi connectivity index (χ4n) is 3.27. The molecule has 1 N–H and O–H groups in total. The van der Waals surface area contributed by atoms with E-state index in [0.29, 0.717) is 6.04 Å². The maximum Gasteiger partial charge on any atom is 0.244 e. The van der Waals surface area contributed by atoms with Gasteiger partial charge in [-0.3, -0.25) is 4.79 Å². The highest BCUT2D eigenvalue weighted by Gasteiger charge is 2.32. The zero-order chi connectivity index (χ0) is 15.4. The molecule has 5 heteroatoms. The van der Waals surface area contributed by atoms with E-state index < -0.39 is 0 Å². The number of hydrogen-bond acceptors (Lipinski definition) is 4. The van der Waals surface area contributed by atoms with E-state index in [1.54, 1.807) is 7.11 Å². The van der Waals surface area contributed by atoms with E-state index in [9.17, 15) is 4.79 Å². The first-order valence-electron chi connectivity index (χ1n) is 8.08. The molecule has 0 aromatic heterocycles. The van der Waals surface area contributed by atoms with Gasteiger partial charge in [0.1, 0.15) is 5.75 Å². The maximum absolute atomic E-state index is 12.9. The van der Waals surface area contributed by atoms with Crippen molar-refractivity contribution in [3.05, 3.63) is 24.3 Å². The number of hydrogen-bond donors (Lipinski definition) is 1. The van der Waals surface area contributed by atoms with Crippen LogP contribution in [0.5, 0.6) is 5.75 Å². The summed E-state index contributed by atoms with van der Waals surface area (Å²) in [6.45, 7) is 0.776. The number of nitrogens with zero attached hydrogens (tertiary/aromatic N) is 1. The third-order valence-corrected chi connectivity index (χ3v) is 5.52. The largest absolute Gasteiger partial charge is 0.495 e. The Hall–Kier alpha value is -1.20. The Labute approximate surface area is 136 Å². The first-order chi connectivity index (χ1) is 10.8. The third-order valence-electron chi connectivity index (χ3n) is 4.47. The van der Waals surface area contributed by atoms with E-state index in [-0.39, 0.29) is 11.9 Å². The van der Waals surface area contributed by atoms with Crippen LogP contribution < -0.4 is 15.0 Å². The minimum Gasteiger partial charge on any atom is -0.495 e. The van der Waals surface area contributed by atoms with Crippen molar-refractivity contribution in [2.24, 2.45) is 0 Å². The summed E-state index contributed by atoms with van der Waals surface area (Å²) in [5.74, 6) is 3.36. The summed E-state index contributed by atoms with van der Waals surface area (Å²) in [7, 11) is 1.66. The number of anilines is 1. The fourth-order valence-corrected chi connectivity index (χ4v) is 4.38. The SMILES string of the molecule is COc1ccccc1N1CCC[C@H](NC2CCSCC2)C1=O. The van der Waals surface area contributed by atoms with Crippen LogP contribution >= 0.6 is 11.8 Å². The lowest BCUT2D eigenvalue weighted by molar-refractivity contribution is -0.122. The molecule has 3 rings (SSSR count). The van der Waals surface area contributed by atoms with Crippen LogP contribution in [0.2, 0.25) is 0 Å². The topological polar surface area (TPSA) is 41.6 Å². The predicted octanol–water partition coefficient (Wildman–Crippen LogP) is 2.68. The van der Waals surface area contributed by atoms with E-state index in [2.05, 4.69) is 5.32 Å². The smallest absolute Gasteiger partial charge is 0.244 e. The first kappa shape index (κ1) is 15.7. The van der Waals surface area contributed by atoms with Crippen LogP contribution in [-0.4, -0.2) is 43.2 Å². The molecule has 0 bridgehead atoms. The highest BCUT2D eigenvalue weighted by molar-refractivity contribution is 7.99. The van der Waals surface area contributed by atoms with Gasteiger partial charge in [0, 0.05) is 12.6 Å². The molecule has 1 aromatic rings. The maximum atomic E-state index is 12.9. The normalized spacial score (nSPS) is 23.6. The summed E-state index contributed by atoms with van der Waals surface area (Å²) in [6, 6.07) is 8.22. The molecule has 0 radical (unpaired) electrons. The summed E-state index contributed by atoms with van der Waals surface area (Å²) in [6.07, 6.45) is 4.31. The van der Waals surface area contributed by atoms with Crippen LogP contribution in [0.1, 0.15) is 25.7 Å². The average Bonchev–Trinajstić information content (AvgIpc) is 2.58. The monoisotopic (exact) mass is 320 g/mol. The molecule has 2 fully saturated rings. The zero-order valence-electron chi connectivity index (χ0n) is 13.1. The number of carbonyl (C=O) groups excluding carboxylic acids is 1. The number of rotatable bonds is 4. The van der Waals surface area contributed by atoms with Gasteiger partial charge in [0.2, 0.25) is 5.91 Å². The Morgan fingerprint density at radius 1 is 1.23 bits per heavy atom. The van der Waals surface area contributed by atoms with Crippen molar-refractivity contribution in [1.82, 2.24) is 5.32 Å². The molecule has 1 atom stereocenters. The van der Waals surface area contributed by atoms with Gasteiger partial charge in [0.05, 0.1) is 18.8 Å². The summed E-state index contributed by atoms with van der Waals surface area (Å²) < 4.78 is 5.42. The molecule has 2 heterocycles. The minimum absolute atomic E-state index is 0.0493. The van der Waals surface area contributed by atoms with Crippen LogP contribution in [0, 0.1) is 0 Å². The van der Waals surface area contributed by atoms with Crippen LogP contribution in [0.15, 0.2) is 24.3 Å². The first-order valence-corrected chi connectivity index (χ1v) is 9.23. The lowest BCUT2D eigenvalue weighted by Gasteiger charge is -2.36. The predicted molar refractivity (Wildman–Crippen MR) is 91.9 cm³/mol. The van der Waals surface area contributed by atoms with Crippen molar-refractivity contribution in [2.75, 3.05) is 30.1 Å². The van der Waals surface area contributed by atoms with Crippen molar-refractivity contribution in [3.8, 4) is 5.75 Å². The molecule has 2 saturated heterocycles. The van der Waals surface area contributed by atoms with E-state index in [1.807, 2.05) is 40.9 Å². The molecular weight excluding hydrogens is 296 g/mol. The minimum atomic E-state index is -0.0493. The number of ether oxygens (including phenoxy) is 1. The second-order valence-electron chi connectivity index (χ2n) is 5.91. The molecule has 0 spiro atoms. The third kappa shape index (κ3) is 3.41. The van der Waals surface area contributed by atoms with Gasteiger partial charge in [-0.25, -0.2) is 0 Å². The number of carbonyl (C=O) groups is 1. The molecular formula is C17H24N2O2S. The summed E-state index contributed by atoms with van der Waals surface area (Å²) in [5.41, 5.74) is 0.890. The number of thioether (sulfide) groups is 1. The van der Waals surface area contributed by atoms with Gasteiger partial charge < -0.3 is 15.0 Å². The molecule has 2 aliphatic rings. The van der Waals surface area contributed by atoms with Gasteiger partial charge in [-0.15, -0.1) is 0 Å². The highest BCUT2D eigenvalue weighted by Crippen LogP contribution is 2.31. The number of nitrogens with one attached hydrogen (secondary N) is 1. The molecule has 0 aliphatic carbocycles. The number of amides is 1. The Morgan fingerprint density at radius 3 is 2.77 bits per heavy atom. The summed E-state index contributed by atoms with van der Waals surface area (Å²) >= 11 is 2.01. The fraction of sp³-hybridized carbons (Fsp3) is 0.588. The van der Waals surface area contributed by atoms with Crippen molar-refractivity contribution >= 4 is 23.4 Å². The highest BCUT2D eigenvalue weighted by atomic mass is 32.2. The van der Waals surface area contributed by atoms with Crippen molar-refractivity contribution < 1.29 is 9.53 Å². The number of para-hydroxylation sites is 2. The van der Waals surface area contributed by atoms with Gasteiger partial charge >= 0.3 is 0 Å². The number of piperidine rings is 1. The van der Waals surface area contributed by atoms with Gasteiger partial charge in [-0.2, -0.15) is 11.8 Å². The Balaban J connectivity index is 1.72. The molecule has 1 aromatic carbocycles. The summed E-state index contributed by atoms with van der Waals surface area (Å²) in [5, 5.41) is 3.60. The van der Waals surface area contributed by atoms with Crippen LogP contribution in [0.4, 0.5) is 5.69 Å². The van der Waals surface area contributed by atoms with E-state index in [4.69, 9.17) is 4.74 Å². The van der Waals surface area contributed by atoms with Crippen molar-refractivity contribution in [3.63, 3.8) is 0 Å². The molecule has 120 valence electrons. The van der Waals surface area contributed by atoms with Crippen molar-refractivity contribution in [2.45, 2.75) is 37.8 Å². The summed E-state index contributed by atoms with van der Waals surface area (Å²) in [4.78, 5) is 14.8. The quantitative estimate of drug-likeness (QED) is 0.926. The van der Waals surface area contributed by atoms with E-state index in [1.165, 1.54) is 24.3 Å². The van der Waals surface area contributed by atoms with Gasteiger partial charge in [-0.05, 0) is 49.3 Å². The lowest BCUT2D eigenvalue weighted by atomic mass is 10.0. The van der Waals surface area contributed by atoms with Crippen molar-refractivity contribution in [1.29, 1.82) is 0 Å². The molecule has 4 nitrogen and oxygen atoms in total. The molecule has 0 unspecified atom stereocenters. The second kappa shape index (κ2) is 7.38. The van der Waals surface area contributed by atoms with Crippen LogP contribution in [0.3, 0.4) is 0 Å². The van der Waals surface area contributed by atoms with Crippen LogP contribution in [0.25, 0.3) is 0 Å². The number of benzene rings is 1. The molecule has 22 heavy (non-hydrogen) atoms. The number of methoxy groups -OCH3 is 1. The molecule has 0 saturated carbocycles. The lowest BCUT2D eigenvalue weighted by Crippen LogP contribution is -2.54. The van der Waals surface area contributed by atoms with Gasteiger partial charge in [-0.1, -0.05) is 12.1 Å². The average molecular weight is 320 g/mol.